The third-order valence-electron chi connectivity index (χ3n) is 1.86. The Hall–Kier alpha value is -0.420. The van der Waals surface area contributed by atoms with Gasteiger partial charge in [-0.2, -0.15) is 0 Å². The second-order valence-corrected chi connectivity index (χ2v) is 6.57. The van der Waals surface area contributed by atoms with E-state index >= 15 is 0 Å². The van der Waals surface area contributed by atoms with Gasteiger partial charge in [0.25, 0.3) is 0 Å². The fourth-order valence-corrected chi connectivity index (χ4v) is 3.04. The van der Waals surface area contributed by atoms with Gasteiger partial charge in [0, 0.05) is 10.6 Å². The summed E-state index contributed by atoms with van der Waals surface area (Å²) in [6, 6.07) is 0. The molecule has 0 aliphatic rings. The Bertz CT molecular complexity index is 373. The van der Waals surface area contributed by atoms with Gasteiger partial charge in [0.2, 0.25) is 0 Å². The van der Waals surface area contributed by atoms with E-state index in [4.69, 9.17) is 0 Å². The summed E-state index contributed by atoms with van der Waals surface area (Å²) in [6.07, 6.45) is 0. The van der Waals surface area contributed by atoms with E-state index in [9.17, 15) is 8.42 Å². The topological polar surface area (TPSA) is 47.0 Å². The average Bonchev–Trinajstić information content (AvgIpc) is 2.30. The highest BCUT2D eigenvalue weighted by Gasteiger charge is 2.12. The molecule has 1 aromatic heterocycles. The molecule has 0 bridgehead atoms. The van der Waals surface area contributed by atoms with Crippen LogP contribution in [0.1, 0.15) is 22.5 Å². The summed E-state index contributed by atoms with van der Waals surface area (Å²) in [6.45, 7) is 5.51. The van der Waals surface area contributed by atoms with E-state index in [0.717, 1.165) is 10.6 Å². The first kappa shape index (κ1) is 10.7. The van der Waals surface area contributed by atoms with Crippen molar-refractivity contribution in [3.8, 4) is 0 Å². The predicted molar refractivity (Wildman–Crippen MR) is 54.8 cm³/mol. The second-order valence-electron chi connectivity index (χ2n) is 2.93. The van der Waals surface area contributed by atoms with Crippen molar-refractivity contribution in [2.24, 2.45) is 0 Å². The van der Waals surface area contributed by atoms with Crippen molar-refractivity contribution < 1.29 is 8.42 Å². The molecule has 0 unspecified atom stereocenters. The Balaban J connectivity index is 2.87. The normalized spacial score (nSPS) is 11.9. The van der Waals surface area contributed by atoms with Gasteiger partial charge in [-0.3, -0.25) is 0 Å². The highest BCUT2D eigenvalue weighted by molar-refractivity contribution is 7.90. The Morgan fingerprint density at radius 1 is 1.38 bits per heavy atom. The zero-order valence-corrected chi connectivity index (χ0v) is 9.63. The molecule has 5 heteroatoms. The molecule has 0 aliphatic heterocycles. The van der Waals surface area contributed by atoms with Gasteiger partial charge >= 0.3 is 0 Å². The van der Waals surface area contributed by atoms with Crippen LogP contribution in [0.4, 0.5) is 0 Å². The van der Waals surface area contributed by atoms with Crippen LogP contribution in [-0.4, -0.2) is 19.2 Å². The number of sulfone groups is 1. The van der Waals surface area contributed by atoms with E-state index < -0.39 is 9.84 Å². The highest BCUT2D eigenvalue weighted by atomic mass is 32.2. The number of hydrogen-bond acceptors (Lipinski definition) is 4. The monoisotopic (exact) mass is 219 g/mol. The van der Waals surface area contributed by atoms with Crippen molar-refractivity contribution >= 4 is 21.2 Å². The van der Waals surface area contributed by atoms with Gasteiger partial charge < -0.3 is 0 Å². The lowest BCUT2D eigenvalue weighted by atomic mass is 10.4. The molecule has 0 amide bonds. The Morgan fingerprint density at radius 3 is 2.38 bits per heavy atom. The Kier molecular flexibility index (Phi) is 3.08. The van der Waals surface area contributed by atoms with Gasteiger partial charge in [0.05, 0.1) is 5.69 Å². The Morgan fingerprint density at radius 2 is 2.00 bits per heavy atom. The van der Waals surface area contributed by atoms with Crippen LogP contribution in [0.3, 0.4) is 0 Å². The number of aryl methyl sites for hydroxylation is 2. The largest absolute Gasteiger partial charge is 0.245 e. The first-order chi connectivity index (χ1) is 5.94. The van der Waals surface area contributed by atoms with Crippen LogP contribution in [0.15, 0.2) is 0 Å². The average molecular weight is 219 g/mol. The lowest BCUT2D eigenvalue weighted by Gasteiger charge is -1.95. The number of aromatic nitrogens is 1. The molecule has 74 valence electrons. The molecule has 0 N–H and O–H groups in total. The highest BCUT2D eigenvalue weighted by Crippen LogP contribution is 2.18. The fourth-order valence-electron chi connectivity index (χ4n) is 0.891. The van der Waals surface area contributed by atoms with Crippen molar-refractivity contribution in [2.75, 3.05) is 5.75 Å². The van der Waals surface area contributed by atoms with Crippen LogP contribution < -0.4 is 0 Å². The molecule has 13 heavy (non-hydrogen) atoms. The number of nitrogens with zero attached hydrogens (tertiary/aromatic N) is 1. The molecule has 1 heterocycles. The molecule has 0 aliphatic carbocycles. The SMILES string of the molecule is CCS(=O)(=O)Cc1nc(C)c(C)s1. The molecule has 3 nitrogen and oxygen atoms in total. The lowest BCUT2D eigenvalue weighted by Crippen LogP contribution is -2.06. The third kappa shape index (κ3) is 2.77. The van der Waals surface area contributed by atoms with Crippen LogP contribution in [0.5, 0.6) is 0 Å². The minimum absolute atomic E-state index is 0.0862. The number of rotatable bonds is 3. The predicted octanol–water partition coefficient (Wildman–Crippen LogP) is 1.69. The zero-order valence-electron chi connectivity index (χ0n) is 7.99. The molecule has 0 atom stereocenters. The van der Waals surface area contributed by atoms with Crippen LogP contribution in [0.25, 0.3) is 0 Å². The van der Waals surface area contributed by atoms with Crippen LogP contribution in [0, 0.1) is 13.8 Å². The second kappa shape index (κ2) is 3.75. The molecule has 0 radical (unpaired) electrons. The summed E-state index contributed by atoms with van der Waals surface area (Å²) in [5.41, 5.74) is 0.936. The Labute approximate surface area is 82.7 Å². The summed E-state index contributed by atoms with van der Waals surface area (Å²) >= 11 is 1.47. The summed E-state index contributed by atoms with van der Waals surface area (Å²) in [5.74, 6) is 0.271. The molecule has 0 saturated carbocycles. The number of thiazole rings is 1. The van der Waals surface area contributed by atoms with E-state index in [1.165, 1.54) is 11.3 Å². The summed E-state index contributed by atoms with van der Waals surface area (Å²) in [7, 11) is -2.93. The fraction of sp³-hybridized carbons (Fsp3) is 0.625. The van der Waals surface area contributed by atoms with Crippen LogP contribution >= 0.6 is 11.3 Å². The minimum Gasteiger partial charge on any atom is -0.245 e. The van der Waals surface area contributed by atoms with E-state index in [-0.39, 0.29) is 11.5 Å². The first-order valence-corrected chi connectivity index (χ1v) is 6.71. The maximum Gasteiger partial charge on any atom is 0.156 e. The van der Waals surface area contributed by atoms with E-state index in [1.54, 1.807) is 6.92 Å². The molecular weight excluding hydrogens is 206 g/mol. The quantitative estimate of drug-likeness (QED) is 0.777. The van der Waals surface area contributed by atoms with Crippen molar-refractivity contribution in [3.63, 3.8) is 0 Å². The smallest absolute Gasteiger partial charge is 0.156 e. The van der Waals surface area contributed by atoms with Gasteiger partial charge in [0.15, 0.2) is 9.84 Å². The molecular formula is C8H13NO2S2. The summed E-state index contributed by atoms with van der Waals surface area (Å²) in [5, 5.41) is 0.705. The van der Waals surface area contributed by atoms with Crippen molar-refractivity contribution in [2.45, 2.75) is 26.5 Å². The van der Waals surface area contributed by atoms with E-state index in [2.05, 4.69) is 4.98 Å². The summed E-state index contributed by atoms with van der Waals surface area (Å²) in [4.78, 5) is 5.28. The van der Waals surface area contributed by atoms with Gasteiger partial charge in [-0.05, 0) is 13.8 Å². The minimum atomic E-state index is -2.93. The molecule has 0 aromatic carbocycles. The van der Waals surface area contributed by atoms with Crippen molar-refractivity contribution in [1.82, 2.24) is 4.98 Å². The first-order valence-electron chi connectivity index (χ1n) is 4.08. The van der Waals surface area contributed by atoms with Crippen LogP contribution in [-0.2, 0) is 15.6 Å². The maximum absolute atomic E-state index is 11.3. The van der Waals surface area contributed by atoms with Crippen molar-refractivity contribution in [3.05, 3.63) is 15.6 Å². The van der Waals surface area contributed by atoms with Gasteiger partial charge in [-0.15, -0.1) is 11.3 Å². The van der Waals surface area contributed by atoms with Gasteiger partial charge in [-0.1, -0.05) is 6.92 Å². The van der Waals surface area contributed by atoms with Gasteiger partial charge in [-0.25, -0.2) is 13.4 Å². The molecule has 1 rings (SSSR count). The van der Waals surface area contributed by atoms with Crippen LogP contribution in [0.2, 0.25) is 0 Å². The van der Waals surface area contributed by atoms with E-state index in [1.807, 2.05) is 13.8 Å². The molecule has 0 spiro atoms. The number of hydrogen-bond donors (Lipinski definition) is 0. The zero-order chi connectivity index (χ0) is 10.1. The summed E-state index contributed by atoms with van der Waals surface area (Å²) < 4.78 is 22.5. The molecule has 1 aromatic rings. The standard InChI is InChI=1S/C8H13NO2S2/c1-4-13(10,11)5-8-9-6(2)7(3)12-8/h4-5H2,1-3H3. The van der Waals surface area contributed by atoms with E-state index in [0.29, 0.717) is 5.01 Å². The molecule has 0 saturated heterocycles. The maximum atomic E-state index is 11.3. The lowest BCUT2D eigenvalue weighted by molar-refractivity contribution is 0.596. The molecule has 0 fully saturated rings. The third-order valence-corrected chi connectivity index (χ3v) is 4.70. The van der Waals surface area contributed by atoms with Crippen molar-refractivity contribution in [1.29, 1.82) is 0 Å². The van der Waals surface area contributed by atoms with Gasteiger partial charge in [0.1, 0.15) is 10.8 Å².